The summed E-state index contributed by atoms with van der Waals surface area (Å²) in [5.41, 5.74) is 1.82. The molecule has 0 aromatic heterocycles. The molecule has 0 spiro atoms. The van der Waals surface area contributed by atoms with Crippen LogP contribution in [0.25, 0.3) is 32.3 Å². The maximum absolute atomic E-state index is 12.4. The fourth-order valence-electron chi connectivity index (χ4n) is 3.82. The lowest BCUT2D eigenvalue weighted by Gasteiger charge is -2.14. The van der Waals surface area contributed by atoms with E-state index in [9.17, 15) is 4.79 Å². The quantitative estimate of drug-likeness (QED) is 0.433. The van der Waals surface area contributed by atoms with E-state index < -0.39 is 0 Å². The zero-order valence-electron chi connectivity index (χ0n) is 14.2. The lowest BCUT2D eigenvalue weighted by Crippen LogP contribution is -2.22. The molecule has 0 heterocycles. The first-order valence-electron chi connectivity index (χ1n) is 8.80. The Morgan fingerprint density at radius 1 is 0.654 bits per heavy atom. The summed E-state index contributed by atoms with van der Waals surface area (Å²) in [5.74, 6) is -0.0451. The van der Waals surface area contributed by atoms with Crippen molar-refractivity contribution in [3.05, 3.63) is 96.1 Å². The first-order chi connectivity index (χ1) is 12.8. The largest absolute Gasteiger partial charge is 0.348 e. The highest BCUT2D eigenvalue weighted by Gasteiger charge is 2.11. The minimum Gasteiger partial charge on any atom is -0.348 e. The Bertz CT molecular complexity index is 1230. The first-order valence-corrected chi connectivity index (χ1v) is 8.80. The molecule has 2 heteroatoms. The van der Waals surface area contributed by atoms with E-state index in [0.717, 1.165) is 5.56 Å². The molecule has 2 nitrogen and oxygen atoms in total. The van der Waals surface area contributed by atoms with Crippen molar-refractivity contribution in [1.29, 1.82) is 0 Å². The number of carbonyl (C=O) groups excluding carboxylic acids is 1. The van der Waals surface area contributed by atoms with E-state index in [4.69, 9.17) is 0 Å². The Balaban J connectivity index is 1.59. The third kappa shape index (κ3) is 2.31. The van der Waals surface area contributed by atoms with Crippen molar-refractivity contribution in [2.45, 2.75) is 6.54 Å². The van der Waals surface area contributed by atoms with Crippen LogP contribution in [0.2, 0.25) is 0 Å². The van der Waals surface area contributed by atoms with Crippen molar-refractivity contribution in [2.24, 2.45) is 0 Å². The van der Waals surface area contributed by atoms with Crippen LogP contribution in [0.3, 0.4) is 0 Å². The molecule has 0 saturated heterocycles. The highest BCUT2D eigenvalue weighted by Crippen LogP contribution is 2.35. The number of hydrogen-bond acceptors (Lipinski definition) is 1. The van der Waals surface area contributed by atoms with Gasteiger partial charge in [-0.05, 0) is 50.0 Å². The van der Waals surface area contributed by atoms with E-state index in [0.29, 0.717) is 12.1 Å². The topological polar surface area (TPSA) is 29.1 Å². The average Bonchev–Trinajstić information content (AvgIpc) is 2.71. The predicted octanol–water partition coefficient (Wildman–Crippen LogP) is 5.51. The minimum atomic E-state index is -0.0451. The van der Waals surface area contributed by atoms with E-state index in [-0.39, 0.29) is 5.91 Å². The van der Waals surface area contributed by atoms with E-state index in [2.05, 4.69) is 59.9 Å². The van der Waals surface area contributed by atoms with Gasteiger partial charge in [0.05, 0.1) is 0 Å². The molecule has 0 radical (unpaired) electrons. The van der Waals surface area contributed by atoms with Gasteiger partial charge in [0.25, 0.3) is 5.91 Å². The number of nitrogens with one attached hydrogen (secondary N) is 1. The Hall–Kier alpha value is -3.39. The number of benzene rings is 5. The number of amides is 1. The molecule has 0 fully saturated rings. The number of hydrogen-bond donors (Lipinski definition) is 1. The molecular formula is C24H17NO. The van der Waals surface area contributed by atoms with E-state index in [1.807, 2.05) is 30.3 Å². The smallest absolute Gasteiger partial charge is 0.251 e. The second-order valence-corrected chi connectivity index (χ2v) is 6.63. The Morgan fingerprint density at radius 2 is 1.31 bits per heavy atom. The molecule has 0 saturated carbocycles. The maximum atomic E-state index is 12.4. The summed E-state index contributed by atoms with van der Waals surface area (Å²) in [6, 6.07) is 28.7. The molecule has 0 bridgehead atoms. The molecule has 124 valence electrons. The van der Waals surface area contributed by atoms with Crippen molar-refractivity contribution in [3.63, 3.8) is 0 Å². The van der Waals surface area contributed by atoms with Gasteiger partial charge in [0, 0.05) is 12.1 Å². The molecule has 0 aliphatic carbocycles. The fraction of sp³-hybridized carbons (Fsp3) is 0.0417. The van der Waals surface area contributed by atoms with Gasteiger partial charge in [-0.25, -0.2) is 0 Å². The van der Waals surface area contributed by atoms with Crippen molar-refractivity contribution in [3.8, 4) is 0 Å². The fourth-order valence-corrected chi connectivity index (χ4v) is 3.82. The van der Waals surface area contributed by atoms with Crippen LogP contribution in [0, 0.1) is 0 Å². The summed E-state index contributed by atoms with van der Waals surface area (Å²) < 4.78 is 0. The van der Waals surface area contributed by atoms with E-state index in [1.165, 1.54) is 32.3 Å². The average molecular weight is 335 g/mol. The zero-order chi connectivity index (χ0) is 17.5. The number of rotatable bonds is 3. The van der Waals surface area contributed by atoms with Crippen LogP contribution in [-0.4, -0.2) is 5.91 Å². The molecule has 5 aromatic carbocycles. The maximum Gasteiger partial charge on any atom is 0.251 e. The Kier molecular flexibility index (Phi) is 3.36. The summed E-state index contributed by atoms with van der Waals surface area (Å²) in [5, 5.41) is 10.6. The van der Waals surface area contributed by atoms with Gasteiger partial charge in [0.2, 0.25) is 0 Å². The van der Waals surface area contributed by atoms with Gasteiger partial charge < -0.3 is 5.32 Å². The van der Waals surface area contributed by atoms with E-state index in [1.54, 1.807) is 0 Å². The van der Waals surface area contributed by atoms with Crippen molar-refractivity contribution < 1.29 is 4.79 Å². The van der Waals surface area contributed by atoms with E-state index >= 15 is 0 Å². The van der Waals surface area contributed by atoms with Crippen LogP contribution in [0.4, 0.5) is 0 Å². The van der Waals surface area contributed by atoms with Gasteiger partial charge in [-0.3, -0.25) is 4.79 Å². The van der Waals surface area contributed by atoms with Crippen molar-refractivity contribution >= 4 is 38.2 Å². The van der Waals surface area contributed by atoms with Crippen LogP contribution in [0.1, 0.15) is 15.9 Å². The highest BCUT2D eigenvalue weighted by molar-refractivity contribution is 6.23. The highest BCUT2D eigenvalue weighted by atomic mass is 16.1. The predicted molar refractivity (Wildman–Crippen MR) is 108 cm³/mol. The minimum absolute atomic E-state index is 0.0451. The summed E-state index contributed by atoms with van der Waals surface area (Å²) in [6.45, 7) is 0.516. The van der Waals surface area contributed by atoms with Gasteiger partial charge in [0.15, 0.2) is 0 Å². The SMILES string of the molecule is O=C(NCc1ccc2ccc3cccc4ccc1c2c34)c1ccccc1. The second-order valence-electron chi connectivity index (χ2n) is 6.63. The molecule has 1 N–H and O–H groups in total. The lowest BCUT2D eigenvalue weighted by molar-refractivity contribution is 0.0951. The second kappa shape index (κ2) is 5.85. The molecule has 1 amide bonds. The molecule has 0 aliphatic heterocycles. The summed E-state index contributed by atoms with van der Waals surface area (Å²) in [6.07, 6.45) is 0. The first kappa shape index (κ1) is 14.9. The summed E-state index contributed by atoms with van der Waals surface area (Å²) in [4.78, 5) is 12.4. The zero-order valence-corrected chi connectivity index (χ0v) is 14.2. The number of carbonyl (C=O) groups is 1. The molecule has 5 rings (SSSR count). The molecular weight excluding hydrogens is 318 g/mol. The van der Waals surface area contributed by atoms with Crippen molar-refractivity contribution in [1.82, 2.24) is 5.32 Å². The summed E-state index contributed by atoms with van der Waals surface area (Å²) >= 11 is 0. The normalized spacial score (nSPS) is 11.4. The standard InChI is InChI=1S/C24H17NO/c26-24(19-5-2-1-3-6-19)25-15-20-12-11-18-10-9-16-7-4-8-17-13-14-21(20)23(18)22(16)17/h1-14H,15H2,(H,25,26). The van der Waals surface area contributed by atoms with Gasteiger partial charge >= 0.3 is 0 Å². The van der Waals surface area contributed by atoms with Gasteiger partial charge in [0.1, 0.15) is 0 Å². The Labute approximate surface area is 151 Å². The van der Waals surface area contributed by atoms with Gasteiger partial charge in [-0.2, -0.15) is 0 Å². The van der Waals surface area contributed by atoms with Crippen LogP contribution < -0.4 is 5.32 Å². The van der Waals surface area contributed by atoms with Crippen LogP contribution in [0.5, 0.6) is 0 Å². The summed E-state index contributed by atoms with van der Waals surface area (Å²) in [7, 11) is 0. The van der Waals surface area contributed by atoms with Crippen molar-refractivity contribution in [2.75, 3.05) is 0 Å². The third-order valence-electron chi connectivity index (χ3n) is 5.09. The molecule has 0 unspecified atom stereocenters. The third-order valence-corrected chi connectivity index (χ3v) is 5.09. The molecule has 26 heavy (non-hydrogen) atoms. The molecule has 5 aromatic rings. The Morgan fingerprint density at radius 3 is 2.08 bits per heavy atom. The van der Waals surface area contributed by atoms with Crippen LogP contribution in [-0.2, 0) is 6.54 Å². The van der Waals surface area contributed by atoms with Gasteiger partial charge in [-0.1, -0.05) is 72.8 Å². The van der Waals surface area contributed by atoms with Crippen LogP contribution >= 0.6 is 0 Å². The monoisotopic (exact) mass is 335 g/mol. The van der Waals surface area contributed by atoms with Gasteiger partial charge in [-0.15, -0.1) is 0 Å². The molecule has 0 aliphatic rings. The van der Waals surface area contributed by atoms with Crippen LogP contribution in [0.15, 0.2) is 84.9 Å². The molecule has 0 atom stereocenters. The lowest BCUT2D eigenvalue weighted by atomic mass is 9.92.